The highest BCUT2D eigenvalue weighted by Gasteiger charge is 2.52. The van der Waals surface area contributed by atoms with Gasteiger partial charge in [-0.3, -0.25) is 13.7 Å². The summed E-state index contributed by atoms with van der Waals surface area (Å²) in [6.07, 6.45) is 13.7. The van der Waals surface area contributed by atoms with Crippen LogP contribution in [0.15, 0.2) is 296 Å². The minimum Gasteiger partial charge on any atom is -0.444 e. The number of hydrogen-bond donors (Lipinski definition) is 6. The van der Waals surface area contributed by atoms with Gasteiger partial charge in [0.25, 0.3) is 0 Å². The molecule has 0 bridgehead atoms. The molecule has 4 fully saturated rings. The minimum atomic E-state index is -0.550. The number of imidazole rings is 3. The van der Waals surface area contributed by atoms with Crippen LogP contribution in [-0.4, -0.2) is 85.3 Å². The van der Waals surface area contributed by atoms with Gasteiger partial charge in [-0.25, -0.2) is 39.5 Å². The van der Waals surface area contributed by atoms with Crippen molar-refractivity contribution >= 4 is 75.2 Å². The van der Waals surface area contributed by atoms with E-state index in [0.717, 1.165) is 215 Å². The molecule has 131 heavy (non-hydrogen) atoms. The molecule has 10 heterocycles. The van der Waals surface area contributed by atoms with Crippen LogP contribution >= 0.6 is 15.9 Å². The molecule has 23 heteroatoms. The lowest BCUT2D eigenvalue weighted by atomic mass is 9.70. The first-order valence-electron chi connectivity index (χ1n) is 44.3. The predicted octanol–water partition coefficient (Wildman–Crippen LogP) is 25.5. The summed E-state index contributed by atoms with van der Waals surface area (Å²) in [6.45, 7) is 19.5. The molecule has 7 aliphatic rings. The van der Waals surface area contributed by atoms with Gasteiger partial charge in [-0.05, 0) is 238 Å². The second-order valence-corrected chi connectivity index (χ2v) is 37.8. The highest BCUT2D eigenvalue weighted by atomic mass is 79.9. The van der Waals surface area contributed by atoms with Crippen LogP contribution in [0.1, 0.15) is 159 Å². The van der Waals surface area contributed by atoms with Crippen LogP contribution in [0.4, 0.5) is 44.1 Å². The highest BCUT2D eigenvalue weighted by molar-refractivity contribution is 9.10. The molecule has 4 aliphatic heterocycles. The largest absolute Gasteiger partial charge is 0.494 e. The molecule has 3 saturated carbocycles. The lowest BCUT2D eigenvalue weighted by Gasteiger charge is -2.43. The Morgan fingerprint density at radius 1 is 0.397 bits per heavy atom. The van der Waals surface area contributed by atoms with E-state index in [9.17, 15) is 9.59 Å². The molecule has 9 aromatic carbocycles. The molecule has 22 rings (SSSR count). The Morgan fingerprint density at radius 3 is 1.07 bits per heavy atom. The van der Waals surface area contributed by atoms with Gasteiger partial charge in [-0.2, -0.15) is 0 Å². The molecule has 0 radical (unpaired) electrons. The Kier molecular flexibility index (Phi) is 24.4. The zero-order valence-corrected chi connectivity index (χ0v) is 75.7. The van der Waals surface area contributed by atoms with Gasteiger partial charge < -0.3 is 51.1 Å². The number of nitrogens with zero attached hydrogens (tertiary/aromatic N) is 9. The van der Waals surface area contributed by atoms with Crippen molar-refractivity contribution in [1.29, 1.82) is 0 Å². The number of fused-ring (bicyclic) bond motifs is 15. The third kappa shape index (κ3) is 17.5. The lowest BCUT2D eigenvalue weighted by Crippen LogP contribution is -2.52. The maximum atomic E-state index is 12.7. The summed E-state index contributed by atoms with van der Waals surface area (Å²) >= 11 is 3.78. The van der Waals surface area contributed by atoms with Gasteiger partial charge in [0.15, 0.2) is 17.5 Å². The molecule has 664 valence electrons. The first-order chi connectivity index (χ1) is 62.2. The first kappa shape index (κ1) is 89.4. The third-order valence-electron chi connectivity index (χ3n) is 25.6. The van der Waals surface area contributed by atoms with E-state index >= 15 is 0 Å². The van der Waals surface area contributed by atoms with Gasteiger partial charge in [0, 0.05) is 68.6 Å². The molecule has 0 unspecified atom stereocenters. The average molecular weight is 1810 g/mol. The maximum Gasteiger partial charge on any atom is 0.494 e. The smallest absolute Gasteiger partial charge is 0.444 e. The van der Waals surface area contributed by atoms with E-state index in [2.05, 4.69) is 252 Å². The van der Waals surface area contributed by atoms with Gasteiger partial charge in [0.2, 0.25) is 0 Å². The van der Waals surface area contributed by atoms with E-state index in [1.54, 1.807) is 12.4 Å². The van der Waals surface area contributed by atoms with Crippen molar-refractivity contribution < 1.29 is 28.4 Å². The Labute approximate surface area is 775 Å². The van der Waals surface area contributed by atoms with Crippen molar-refractivity contribution in [2.45, 2.75) is 181 Å². The number of carbonyl (C=O) groups excluding carboxylic acids is 2. The summed E-state index contributed by atoms with van der Waals surface area (Å²) in [5.41, 5.74) is 27.3. The number of para-hydroxylation sites is 3. The van der Waals surface area contributed by atoms with Crippen LogP contribution in [-0.2, 0) is 35.4 Å². The second kappa shape index (κ2) is 35.7. The standard InChI is InChI=1S/C35H33N5O2.C30H25N5.C21H32BNO4.C20H13BrN4.2CH4/c1-34(2,3)42-33(41)39-35(20-10-21-35)25-18-16-24(17-19-25)30-29(23-11-5-4-6-12-23)38-32-26-13-7-8-14-27(26)37-31-28(40(30)32)15-9-22-36-31;31-30(17-7-18-30)22-15-13-21(14-16-22)27-26(20-8-2-1-3-9-20)34-29-23-10-4-5-11-24(23)33-28-25(35(27)29)12-6-19-32-28;1-18(2,3)25-17(24)23-21(13-8-14-21)15-9-11-16(12-10-15)22-26-19(4,5)20(6,7)27-22;21-18-17(13-7-2-1-3-8-13)24-20-14-9-4-5-10-15(14)23-19-16(25(18)20)11-6-12-22-19;;/h4-9,11-19,22H,10,20-21H2,1-3H3,(H,36,37)(H,39,41);1-6,8-16,19H,7,17-18,31H2,(H,32,33);9-12H,8,13-14H2,1-7H3,(H,23,24);1-12H,(H,22,23);2*1H4. The molecule has 3 aliphatic carbocycles. The summed E-state index contributed by atoms with van der Waals surface area (Å²) in [5.74, 6) is 5.03. The predicted molar refractivity (Wildman–Crippen MR) is 530 cm³/mol. The van der Waals surface area contributed by atoms with Crippen LogP contribution in [0.25, 0.3) is 108 Å². The fraction of sp³-hybridized carbons (Fsp3) is 0.259. The SMILES string of the molecule is Brc1c(-c2ccccc2)nc2n1-c1cccnc1Nc1ccccc1-2.C.C.CC(C)(C)OC(=O)NC1(c2ccc(-c3c(-c4ccccc4)nc4n3-c3cccnc3Nc3ccccc3-4)cc2)CCC1.CC(C)(C)OC(=O)NC1(c2ccc(B3OC(C)(C)C(C)(C)O3)cc2)CCC1.NC1(c2ccc(-c3c(-c4ccccc4)nc4n3-c3cccnc3Nc3ccccc3-4)cc2)CCC1. The number of nitrogens with one attached hydrogen (secondary N) is 5. The number of rotatable bonds is 11. The van der Waals surface area contributed by atoms with E-state index < -0.39 is 16.7 Å². The Balaban J connectivity index is 0.000000124. The number of benzene rings is 9. The Hall–Kier alpha value is -13.6. The third-order valence-corrected chi connectivity index (χ3v) is 26.4. The molecule has 7 N–H and O–H groups in total. The number of alkyl carbamates (subject to hydrolysis) is 2. The Bertz CT molecular complexity index is 6680. The van der Waals surface area contributed by atoms with Crippen molar-refractivity contribution in [1.82, 2.24) is 54.2 Å². The topological polar surface area (TPSA) is 249 Å². The van der Waals surface area contributed by atoms with Crippen LogP contribution in [0.3, 0.4) is 0 Å². The molecule has 0 atom stereocenters. The summed E-state index contributed by atoms with van der Waals surface area (Å²) in [5, 5.41) is 16.8. The maximum absolute atomic E-state index is 12.7. The molecule has 0 spiro atoms. The van der Waals surface area contributed by atoms with Crippen LogP contribution < -0.4 is 37.8 Å². The average Bonchev–Trinajstić information content (AvgIpc) is 1.58. The lowest BCUT2D eigenvalue weighted by molar-refractivity contribution is 0.00578. The monoisotopic (exact) mass is 1800 g/mol. The fourth-order valence-corrected chi connectivity index (χ4v) is 18.5. The number of carbonyl (C=O) groups is 2. The Morgan fingerprint density at radius 2 is 0.718 bits per heavy atom. The normalized spacial score (nSPS) is 15.7. The van der Waals surface area contributed by atoms with E-state index in [4.69, 9.17) is 44.5 Å². The minimum absolute atomic E-state index is 0. The number of ether oxygens (including phenoxy) is 2. The van der Waals surface area contributed by atoms with Crippen LogP contribution in [0.2, 0.25) is 0 Å². The van der Waals surface area contributed by atoms with Gasteiger partial charge >= 0.3 is 19.3 Å². The molecular weight excluding hydrogens is 1690 g/mol. The summed E-state index contributed by atoms with van der Waals surface area (Å²) < 4.78 is 30.8. The molecule has 2 amide bonds. The van der Waals surface area contributed by atoms with Gasteiger partial charge in [-0.1, -0.05) is 215 Å². The number of aromatic nitrogens is 9. The number of hydrogen-bond acceptors (Lipinski definition) is 16. The van der Waals surface area contributed by atoms with E-state index in [1.807, 2.05) is 163 Å². The zero-order valence-electron chi connectivity index (χ0n) is 74.1. The van der Waals surface area contributed by atoms with E-state index in [0.29, 0.717) is 0 Å². The van der Waals surface area contributed by atoms with Crippen LogP contribution in [0, 0.1) is 0 Å². The van der Waals surface area contributed by atoms with E-state index in [-0.39, 0.29) is 56.4 Å². The summed E-state index contributed by atoms with van der Waals surface area (Å²) in [6, 6.07) is 93.2. The second-order valence-electron chi connectivity index (χ2n) is 37.1. The van der Waals surface area contributed by atoms with Gasteiger partial charge in [0.1, 0.15) is 39.0 Å². The summed E-state index contributed by atoms with van der Waals surface area (Å²) in [4.78, 5) is 54.5. The van der Waals surface area contributed by atoms with Crippen LogP contribution in [0.5, 0.6) is 0 Å². The quantitative estimate of drug-likeness (QED) is 0.0659. The van der Waals surface area contributed by atoms with E-state index in [1.165, 1.54) is 12.0 Å². The van der Waals surface area contributed by atoms with Crippen molar-refractivity contribution in [3.05, 3.63) is 313 Å². The number of anilines is 6. The van der Waals surface area contributed by atoms with Gasteiger partial charge in [0.05, 0.1) is 79.2 Å². The van der Waals surface area contributed by atoms with Gasteiger partial charge in [-0.15, -0.1) is 0 Å². The number of pyridine rings is 3. The molecule has 1 saturated heterocycles. The molecule has 21 nitrogen and oxygen atoms in total. The molecule has 6 aromatic heterocycles. The fourth-order valence-electron chi connectivity index (χ4n) is 17.9. The highest BCUT2D eigenvalue weighted by Crippen LogP contribution is 2.51. The van der Waals surface area contributed by atoms with Crippen molar-refractivity contribution in [3.63, 3.8) is 0 Å². The van der Waals surface area contributed by atoms with Crippen molar-refractivity contribution in [2.24, 2.45) is 5.73 Å². The zero-order chi connectivity index (χ0) is 89.2. The van der Waals surface area contributed by atoms with Crippen molar-refractivity contribution in [2.75, 3.05) is 16.0 Å². The molecular formula is C108H111BBrN15O6. The summed E-state index contributed by atoms with van der Waals surface area (Å²) in [7, 11) is -0.375. The first-order valence-corrected chi connectivity index (χ1v) is 45.1. The number of amides is 2. The number of nitrogens with two attached hydrogens (primary N) is 1. The number of halogens is 1. The molecule has 15 aromatic rings. The van der Waals surface area contributed by atoms with Crippen molar-refractivity contribution in [3.8, 4) is 108 Å².